The molecular weight excluding hydrogens is 445 g/mol. The standard InChI is InChI=1S/C24H19ClFN5O2/c25-19-3-2-16(26)11-17(19)23-22-18(24(32)29-23)9-15(10-20(22)30-5-7-33-8-6-30)14-1-4-21-27-13-28-31(21)12-14/h1-4,9-13,23H,5-8H2,(H,29,32). The summed E-state index contributed by atoms with van der Waals surface area (Å²) in [7, 11) is 0. The Labute approximate surface area is 193 Å². The number of aromatic nitrogens is 3. The fraction of sp³-hybridized carbons (Fsp3) is 0.208. The second-order valence-electron chi connectivity index (χ2n) is 8.11. The first-order chi connectivity index (χ1) is 16.1. The Kier molecular flexibility index (Phi) is 4.78. The highest BCUT2D eigenvalue weighted by atomic mass is 35.5. The highest BCUT2D eigenvalue weighted by molar-refractivity contribution is 6.31. The lowest BCUT2D eigenvalue weighted by Gasteiger charge is -2.32. The Bertz CT molecular complexity index is 1400. The summed E-state index contributed by atoms with van der Waals surface area (Å²) in [5, 5.41) is 7.64. The summed E-state index contributed by atoms with van der Waals surface area (Å²) in [5.41, 5.74) is 5.34. The van der Waals surface area contributed by atoms with Crippen LogP contribution in [0.25, 0.3) is 16.8 Å². The monoisotopic (exact) mass is 463 g/mol. The van der Waals surface area contributed by atoms with Crippen molar-refractivity contribution in [3.63, 3.8) is 0 Å². The van der Waals surface area contributed by atoms with Crippen LogP contribution in [0.5, 0.6) is 0 Å². The minimum Gasteiger partial charge on any atom is -0.378 e. The van der Waals surface area contributed by atoms with E-state index in [1.54, 1.807) is 4.52 Å². The number of pyridine rings is 1. The van der Waals surface area contributed by atoms with Gasteiger partial charge in [-0.3, -0.25) is 4.79 Å². The molecule has 0 bridgehead atoms. The topological polar surface area (TPSA) is 71.8 Å². The van der Waals surface area contributed by atoms with Crippen LogP contribution in [0.15, 0.2) is 55.0 Å². The number of hydrogen-bond donors (Lipinski definition) is 1. The van der Waals surface area contributed by atoms with Crippen LogP contribution < -0.4 is 10.2 Å². The van der Waals surface area contributed by atoms with Crippen LogP contribution in [0.3, 0.4) is 0 Å². The maximum atomic E-state index is 14.1. The number of rotatable bonds is 3. The Morgan fingerprint density at radius 3 is 2.79 bits per heavy atom. The van der Waals surface area contributed by atoms with E-state index in [1.165, 1.54) is 24.5 Å². The van der Waals surface area contributed by atoms with Crippen molar-refractivity contribution in [2.75, 3.05) is 31.2 Å². The molecule has 33 heavy (non-hydrogen) atoms. The molecule has 0 aliphatic carbocycles. The lowest BCUT2D eigenvalue weighted by atomic mass is 9.92. The predicted octanol–water partition coefficient (Wildman–Crippen LogP) is 3.86. The molecule has 1 amide bonds. The van der Waals surface area contributed by atoms with Gasteiger partial charge in [-0.1, -0.05) is 11.6 Å². The smallest absolute Gasteiger partial charge is 0.252 e. The number of halogens is 2. The minimum atomic E-state index is -0.541. The van der Waals surface area contributed by atoms with Gasteiger partial charge < -0.3 is 15.0 Å². The third-order valence-electron chi connectivity index (χ3n) is 6.20. The van der Waals surface area contributed by atoms with Crippen molar-refractivity contribution in [3.8, 4) is 11.1 Å². The Balaban J connectivity index is 1.55. The quantitative estimate of drug-likeness (QED) is 0.499. The van der Waals surface area contributed by atoms with E-state index in [1.807, 2.05) is 24.4 Å². The van der Waals surface area contributed by atoms with Crippen molar-refractivity contribution < 1.29 is 13.9 Å². The van der Waals surface area contributed by atoms with Gasteiger partial charge in [-0.05, 0) is 48.0 Å². The number of benzene rings is 2. The fourth-order valence-electron chi connectivity index (χ4n) is 4.60. The maximum absolute atomic E-state index is 14.1. The molecule has 0 saturated carbocycles. The van der Waals surface area contributed by atoms with E-state index in [2.05, 4.69) is 26.4 Å². The molecule has 6 rings (SSSR count). The number of ether oxygens (including phenoxy) is 1. The molecule has 1 unspecified atom stereocenters. The van der Waals surface area contributed by atoms with Crippen LogP contribution in [0, 0.1) is 5.82 Å². The molecule has 166 valence electrons. The van der Waals surface area contributed by atoms with Gasteiger partial charge >= 0.3 is 0 Å². The predicted molar refractivity (Wildman–Crippen MR) is 122 cm³/mol. The number of nitrogens with one attached hydrogen (secondary N) is 1. The summed E-state index contributed by atoms with van der Waals surface area (Å²) in [4.78, 5) is 19.5. The molecule has 2 aromatic heterocycles. The molecule has 0 radical (unpaired) electrons. The molecule has 2 aliphatic rings. The molecular formula is C24H19ClFN5O2. The summed E-state index contributed by atoms with van der Waals surface area (Å²) in [6.07, 6.45) is 3.39. The zero-order valence-corrected chi connectivity index (χ0v) is 18.2. The van der Waals surface area contributed by atoms with Gasteiger partial charge in [-0.2, -0.15) is 5.10 Å². The highest BCUT2D eigenvalue weighted by Gasteiger charge is 2.36. The highest BCUT2D eigenvalue weighted by Crippen LogP contribution is 2.43. The number of nitrogens with zero attached hydrogens (tertiary/aromatic N) is 4. The Morgan fingerprint density at radius 2 is 1.94 bits per heavy atom. The third-order valence-corrected chi connectivity index (χ3v) is 6.54. The number of anilines is 1. The van der Waals surface area contributed by atoms with E-state index in [0.717, 1.165) is 28.0 Å². The fourth-order valence-corrected chi connectivity index (χ4v) is 4.83. The second-order valence-corrected chi connectivity index (χ2v) is 8.52. The zero-order valence-electron chi connectivity index (χ0n) is 17.5. The second kappa shape index (κ2) is 7.83. The molecule has 7 nitrogen and oxygen atoms in total. The van der Waals surface area contributed by atoms with Gasteiger partial charge in [0.25, 0.3) is 5.91 Å². The van der Waals surface area contributed by atoms with E-state index in [-0.39, 0.29) is 5.91 Å². The Hall–Kier alpha value is -3.49. The van der Waals surface area contributed by atoms with Crippen LogP contribution in [-0.2, 0) is 4.74 Å². The van der Waals surface area contributed by atoms with Gasteiger partial charge in [0.15, 0.2) is 5.65 Å². The Morgan fingerprint density at radius 1 is 1.09 bits per heavy atom. The van der Waals surface area contributed by atoms with Crippen LogP contribution in [0.4, 0.5) is 10.1 Å². The van der Waals surface area contributed by atoms with Crippen molar-refractivity contribution in [2.24, 2.45) is 0 Å². The lowest BCUT2D eigenvalue weighted by Crippen LogP contribution is -2.37. The summed E-state index contributed by atoms with van der Waals surface area (Å²) in [5.74, 6) is -0.615. The van der Waals surface area contributed by atoms with E-state index in [4.69, 9.17) is 16.3 Å². The SMILES string of the molecule is O=C1NC(c2cc(F)ccc2Cl)c2c1cc(-c1ccc3ncnn3c1)cc2N1CCOCC1. The van der Waals surface area contributed by atoms with Crippen molar-refractivity contribution in [3.05, 3.63) is 82.5 Å². The van der Waals surface area contributed by atoms with E-state index in [0.29, 0.717) is 42.5 Å². The van der Waals surface area contributed by atoms with Gasteiger partial charge in [0.1, 0.15) is 12.1 Å². The largest absolute Gasteiger partial charge is 0.378 e. The maximum Gasteiger partial charge on any atom is 0.252 e. The molecule has 4 aromatic rings. The van der Waals surface area contributed by atoms with Crippen LogP contribution >= 0.6 is 11.6 Å². The zero-order chi connectivity index (χ0) is 22.5. The molecule has 2 aliphatic heterocycles. The first kappa shape index (κ1) is 20.1. The first-order valence-corrected chi connectivity index (χ1v) is 11.0. The van der Waals surface area contributed by atoms with Gasteiger partial charge in [-0.25, -0.2) is 13.9 Å². The van der Waals surface area contributed by atoms with Crippen LogP contribution in [-0.4, -0.2) is 46.8 Å². The lowest BCUT2D eigenvalue weighted by molar-refractivity contribution is 0.0960. The number of carbonyl (C=O) groups is 1. The summed E-state index contributed by atoms with van der Waals surface area (Å²) in [6, 6.07) is 11.5. The first-order valence-electron chi connectivity index (χ1n) is 10.6. The molecule has 2 aromatic carbocycles. The average Bonchev–Trinajstić information content (AvgIpc) is 3.44. The summed E-state index contributed by atoms with van der Waals surface area (Å²) in [6.45, 7) is 2.57. The number of amides is 1. The number of carbonyl (C=O) groups excluding carboxylic acids is 1. The summed E-state index contributed by atoms with van der Waals surface area (Å²) < 4.78 is 21.4. The molecule has 4 heterocycles. The van der Waals surface area contributed by atoms with Crippen LogP contribution in [0.2, 0.25) is 5.02 Å². The molecule has 1 N–H and O–H groups in total. The molecule has 1 saturated heterocycles. The van der Waals surface area contributed by atoms with Gasteiger partial charge in [0, 0.05) is 52.3 Å². The summed E-state index contributed by atoms with van der Waals surface area (Å²) >= 11 is 6.43. The van der Waals surface area contributed by atoms with E-state index in [9.17, 15) is 9.18 Å². The number of morpholine rings is 1. The number of hydrogen-bond acceptors (Lipinski definition) is 5. The third kappa shape index (κ3) is 3.42. The van der Waals surface area contributed by atoms with Crippen molar-refractivity contribution >= 4 is 28.8 Å². The van der Waals surface area contributed by atoms with E-state index < -0.39 is 11.9 Å². The van der Waals surface area contributed by atoms with Crippen molar-refractivity contribution in [2.45, 2.75) is 6.04 Å². The molecule has 1 atom stereocenters. The van der Waals surface area contributed by atoms with Crippen molar-refractivity contribution in [1.82, 2.24) is 19.9 Å². The van der Waals surface area contributed by atoms with Crippen LogP contribution in [0.1, 0.15) is 27.5 Å². The van der Waals surface area contributed by atoms with Gasteiger partial charge in [-0.15, -0.1) is 0 Å². The molecule has 1 fully saturated rings. The average molecular weight is 464 g/mol. The minimum absolute atomic E-state index is 0.214. The van der Waals surface area contributed by atoms with Gasteiger partial charge in [0.2, 0.25) is 0 Å². The van der Waals surface area contributed by atoms with Gasteiger partial charge in [0.05, 0.1) is 19.3 Å². The molecule has 9 heteroatoms. The van der Waals surface area contributed by atoms with E-state index >= 15 is 0 Å². The normalized spacial score (nSPS) is 17.9. The van der Waals surface area contributed by atoms with Crippen molar-refractivity contribution in [1.29, 1.82) is 0 Å². The number of fused-ring (bicyclic) bond motifs is 2. The molecule has 0 spiro atoms.